The van der Waals surface area contributed by atoms with Crippen LogP contribution in [-0.4, -0.2) is 15.5 Å². The number of nitrogens with zero attached hydrogens (tertiary/aromatic N) is 3. The Hall–Kier alpha value is -1.25. The molecule has 1 aliphatic heterocycles. The Morgan fingerprint density at radius 3 is 3.05 bits per heavy atom. The quantitative estimate of drug-likeness (QED) is 0.797. The summed E-state index contributed by atoms with van der Waals surface area (Å²) >= 11 is 5.41. The topological polar surface area (TPSA) is 41.6 Å². The van der Waals surface area contributed by atoms with Crippen LogP contribution in [0.5, 0.6) is 0 Å². The summed E-state index contributed by atoms with van der Waals surface area (Å²) in [4.78, 5) is 1.38. The second kappa shape index (κ2) is 5.03. The zero-order chi connectivity index (χ0) is 13.4. The molecule has 0 fully saturated rings. The van der Waals surface area contributed by atoms with Gasteiger partial charge in [-0.25, -0.2) is 0 Å². The SMILES string of the molecule is Cn1nc(C#N)c(Br)c1-c1ccc2c(c1)CCCS2. The van der Waals surface area contributed by atoms with Crippen LogP contribution in [0.25, 0.3) is 11.3 Å². The van der Waals surface area contributed by atoms with Crippen molar-refractivity contribution >= 4 is 27.7 Å². The summed E-state index contributed by atoms with van der Waals surface area (Å²) in [7, 11) is 1.87. The molecule has 0 saturated heterocycles. The number of hydrogen-bond donors (Lipinski definition) is 0. The van der Waals surface area contributed by atoms with E-state index in [1.807, 2.05) is 18.8 Å². The fourth-order valence-electron chi connectivity index (χ4n) is 2.39. The van der Waals surface area contributed by atoms with Gasteiger partial charge in [-0.15, -0.1) is 11.8 Å². The molecule has 19 heavy (non-hydrogen) atoms. The van der Waals surface area contributed by atoms with Crippen molar-refractivity contribution in [3.63, 3.8) is 0 Å². The lowest BCUT2D eigenvalue weighted by Crippen LogP contribution is -2.00. The van der Waals surface area contributed by atoms with Crippen molar-refractivity contribution in [3.05, 3.63) is 33.9 Å². The third-order valence-corrected chi connectivity index (χ3v) is 5.23. The van der Waals surface area contributed by atoms with Gasteiger partial charge in [-0.1, -0.05) is 6.07 Å². The fraction of sp³-hybridized carbons (Fsp3) is 0.286. The van der Waals surface area contributed by atoms with Gasteiger partial charge >= 0.3 is 0 Å². The molecule has 0 N–H and O–H groups in total. The number of halogens is 1. The first-order valence-corrected chi connectivity index (χ1v) is 7.87. The Kier molecular flexibility index (Phi) is 3.38. The smallest absolute Gasteiger partial charge is 0.177 e. The lowest BCUT2D eigenvalue weighted by molar-refractivity contribution is 0.770. The minimum atomic E-state index is 0.435. The minimum absolute atomic E-state index is 0.435. The van der Waals surface area contributed by atoms with Crippen molar-refractivity contribution < 1.29 is 0 Å². The first-order valence-electron chi connectivity index (χ1n) is 6.09. The third kappa shape index (κ3) is 2.19. The molecule has 0 radical (unpaired) electrons. The van der Waals surface area contributed by atoms with Crippen LogP contribution < -0.4 is 0 Å². The molecule has 0 spiro atoms. The Morgan fingerprint density at radius 1 is 1.47 bits per heavy atom. The monoisotopic (exact) mass is 333 g/mol. The molecule has 1 aromatic heterocycles. The maximum atomic E-state index is 9.04. The molecule has 5 heteroatoms. The van der Waals surface area contributed by atoms with Gasteiger partial charge in [0.15, 0.2) is 5.69 Å². The molecule has 2 heterocycles. The molecular formula is C14H12BrN3S. The number of aromatic nitrogens is 2. The van der Waals surface area contributed by atoms with Gasteiger partial charge in [0, 0.05) is 17.5 Å². The van der Waals surface area contributed by atoms with Gasteiger partial charge in [-0.05, 0) is 52.2 Å². The molecule has 0 amide bonds. The van der Waals surface area contributed by atoms with Gasteiger partial charge in [-0.3, -0.25) is 4.68 Å². The van der Waals surface area contributed by atoms with E-state index in [1.165, 1.54) is 22.6 Å². The number of fused-ring (bicyclic) bond motifs is 1. The molecule has 0 atom stereocenters. The summed E-state index contributed by atoms with van der Waals surface area (Å²) in [6, 6.07) is 8.62. The molecule has 3 rings (SSSR count). The average molecular weight is 334 g/mol. The highest BCUT2D eigenvalue weighted by Gasteiger charge is 2.17. The molecule has 1 aliphatic rings. The van der Waals surface area contributed by atoms with Crippen LogP contribution in [0.15, 0.2) is 27.6 Å². The molecule has 0 aliphatic carbocycles. The van der Waals surface area contributed by atoms with Crippen LogP contribution in [0.3, 0.4) is 0 Å². The van der Waals surface area contributed by atoms with Crippen molar-refractivity contribution in [2.75, 3.05) is 5.75 Å². The molecule has 1 aromatic carbocycles. The van der Waals surface area contributed by atoms with Crippen LogP contribution in [0.4, 0.5) is 0 Å². The summed E-state index contributed by atoms with van der Waals surface area (Å²) in [5, 5.41) is 13.3. The van der Waals surface area contributed by atoms with E-state index in [-0.39, 0.29) is 0 Å². The number of aryl methyl sites for hydroxylation is 2. The Bertz CT molecular complexity index is 685. The zero-order valence-corrected chi connectivity index (χ0v) is 12.9. The molecule has 0 unspecified atom stereocenters. The molecule has 96 valence electrons. The van der Waals surface area contributed by atoms with E-state index in [9.17, 15) is 0 Å². The highest BCUT2D eigenvalue weighted by molar-refractivity contribution is 9.10. The van der Waals surface area contributed by atoms with E-state index in [0.29, 0.717) is 5.69 Å². The summed E-state index contributed by atoms with van der Waals surface area (Å²) in [5.41, 5.74) is 3.92. The Morgan fingerprint density at radius 2 is 2.32 bits per heavy atom. The highest BCUT2D eigenvalue weighted by Crippen LogP contribution is 2.36. The number of hydrogen-bond acceptors (Lipinski definition) is 3. The number of thioether (sulfide) groups is 1. The fourth-order valence-corrected chi connectivity index (χ4v) is 4.06. The van der Waals surface area contributed by atoms with Gasteiger partial charge in [0.1, 0.15) is 6.07 Å². The van der Waals surface area contributed by atoms with Crippen molar-refractivity contribution in [2.24, 2.45) is 7.05 Å². The Labute approximate surface area is 124 Å². The van der Waals surface area contributed by atoms with Crippen molar-refractivity contribution in [1.29, 1.82) is 5.26 Å². The first kappa shape index (κ1) is 12.8. The number of rotatable bonds is 1. The maximum absolute atomic E-state index is 9.04. The van der Waals surface area contributed by atoms with Gasteiger partial charge < -0.3 is 0 Å². The largest absolute Gasteiger partial charge is 0.265 e. The van der Waals surface area contributed by atoms with E-state index >= 15 is 0 Å². The summed E-state index contributed by atoms with van der Waals surface area (Å²) in [6.45, 7) is 0. The van der Waals surface area contributed by atoms with Crippen molar-refractivity contribution in [1.82, 2.24) is 9.78 Å². The first-order chi connectivity index (χ1) is 9.20. The molecular weight excluding hydrogens is 322 g/mol. The molecule has 3 nitrogen and oxygen atoms in total. The predicted molar refractivity (Wildman–Crippen MR) is 80.1 cm³/mol. The second-order valence-electron chi connectivity index (χ2n) is 4.52. The highest BCUT2D eigenvalue weighted by atomic mass is 79.9. The van der Waals surface area contributed by atoms with Gasteiger partial charge in [0.05, 0.1) is 10.2 Å². The lowest BCUT2D eigenvalue weighted by Gasteiger charge is -2.16. The van der Waals surface area contributed by atoms with Gasteiger partial charge in [0.25, 0.3) is 0 Å². The van der Waals surface area contributed by atoms with Crippen molar-refractivity contribution in [2.45, 2.75) is 17.7 Å². The van der Waals surface area contributed by atoms with E-state index in [0.717, 1.165) is 22.2 Å². The van der Waals surface area contributed by atoms with E-state index < -0.39 is 0 Å². The van der Waals surface area contributed by atoms with Crippen LogP contribution in [-0.2, 0) is 13.5 Å². The molecule has 0 bridgehead atoms. The van der Waals surface area contributed by atoms with E-state index in [1.54, 1.807) is 4.68 Å². The van der Waals surface area contributed by atoms with Gasteiger partial charge in [0.2, 0.25) is 0 Å². The third-order valence-electron chi connectivity index (χ3n) is 3.28. The second-order valence-corrected chi connectivity index (χ2v) is 6.45. The normalized spacial score (nSPS) is 13.9. The summed E-state index contributed by atoms with van der Waals surface area (Å²) in [6.07, 6.45) is 2.37. The molecule has 0 saturated carbocycles. The predicted octanol–water partition coefficient (Wildman–Crippen LogP) is 3.76. The number of benzene rings is 1. The minimum Gasteiger partial charge on any atom is -0.265 e. The van der Waals surface area contributed by atoms with Crippen LogP contribution in [0, 0.1) is 11.3 Å². The van der Waals surface area contributed by atoms with Crippen molar-refractivity contribution in [3.8, 4) is 17.3 Å². The standard InChI is InChI=1S/C14H12BrN3S/c1-18-14(13(15)11(8-16)17-18)10-4-5-12-9(7-10)3-2-6-19-12/h4-5,7H,2-3,6H2,1H3. The number of nitriles is 1. The van der Waals surface area contributed by atoms with Crippen LogP contribution in [0.2, 0.25) is 0 Å². The molecule has 2 aromatic rings. The van der Waals surface area contributed by atoms with Crippen LogP contribution in [0.1, 0.15) is 17.7 Å². The summed E-state index contributed by atoms with van der Waals surface area (Å²) < 4.78 is 2.54. The van der Waals surface area contributed by atoms with Crippen LogP contribution >= 0.6 is 27.7 Å². The van der Waals surface area contributed by atoms with E-state index in [4.69, 9.17) is 5.26 Å². The van der Waals surface area contributed by atoms with E-state index in [2.05, 4.69) is 45.3 Å². The Balaban J connectivity index is 2.13. The zero-order valence-electron chi connectivity index (χ0n) is 10.5. The maximum Gasteiger partial charge on any atom is 0.177 e. The average Bonchev–Trinajstić information content (AvgIpc) is 2.73. The summed E-state index contributed by atoms with van der Waals surface area (Å²) in [5.74, 6) is 1.21. The lowest BCUT2D eigenvalue weighted by atomic mass is 10.0. The van der Waals surface area contributed by atoms with Gasteiger partial charge in [-0.2, -0.15) is 10.4 Å².